The predicted octanol–water partition coefficient (Wildman–Crippen LogP) is 0.851. The molecule has 0 aromatic carbocycles. The molecule has 18 heavy (non-hydrogen) atoms. The summed E-state index contributed by atoms with van der Waals surface area (Å²) in [5, 5.41) is 3.23. The molecular weight excluding hydrogens is 230 g/mol. The summed E-state index contributed by atoms with van der Waals surface area (Å²) in [4.78, 5) is 12.1. The van der Waals surface area contributed by atoms with Crippen molar-refractivity contribution in [2.75, 3.05) is 17.3 Å². The Morgan fingerprint density at radius 2 is 2.22 bits per heavy atom. The summed E-state index contributed by atoms with van der Waals surface area (Å²) in [6, 6.07) is 1.82. The summed E-state index contributed by atoms with van der Waals surface area (Å²) in [6.07, 6.45) is 9.41. The van der Waals surface area contributed by atoms with Gasteiger partial charge in [0, 0.05) is 31.7 Å². The Bertz CT molecular complexity index is 454. The maximum atomic E-state index is 5.24. The number of nitrogen functional groups attached to an aromatic ring is 1. The number of anilines is 2. The van der Waals surface area contributed by atoms with Crippen molar-refractivity contribution in [2.45, 2.75) is 19.4 Å². The lowest BCUT2D eigenvalue weighted by Gasteiger charge is -2.06. The molecule has 96 valence electrons. The zero-order valence-electron chi connectivity index (χ0n) is 10.1. The van der Waals surface area contributed by atoms with Crippen molar-refractivity contribution in [1.29, 1.82) is 0 Å². The molecule has 7 heteroatoms. The van der Waals surface area contributed by atoms with Crippen LogP contribution in [-0.4, -0.2) is 26.1 Å². The highest BCUT2D eigenvalue weighted by Gasteiger charge is 1.96. The molecule has 7 nitrogen and oxygen atoms in total. The Balaban J connectivity index is 1.65. The Kier molecular flexibility index (Phi) is 4.48. The highest BCUT2D eigenvalue weighted by molar-refractivity contribution is 5.38. The Morgan fingerprint density at radius 1 is 1.28 bits per heavy atom. The van der Waals surface area contributed by atoms with Crippen LogP contribution in [0.2, 0.25) is 0 Å². The van der Waals surface area contributed by atoms with Gasteiger partial charge in [0.1, 0.15) is 5.82 Å². The number of hydrogen-bond donors (Lipinski definition) is 3. The normalized spacial score (nSPS) is 10.3. The lowest BCUT2D eigenvalue weighted by molar-refractivity contribution is 0.620. The summed E-state index contributed by atoms with van der Waals surface area (Å²) in [7, 11) is 0. The van der Waals surface area contributed by atoms with Crippen molar-refractivity contribution in [3.63, 3.8) is 0 Å². The molecule has 2 heterocycles. The first-order valence-corrected chi connectivity index (χ1v) is 5.88. The lowest BCUT2D eigenvalue weighted by atomic mass is 10.3. The van der Waals surface area contributed by atoms with E-state index in [-0.39, 0.29) is 0 Å². The molecule has 0 aliphatic carbocycles. The third kappa shape index (κ3) is 3.70. The first-order chi connectivity index (χ1) is 8.88. The fraction of sp³-hybridized carbons (Fsp3) is 0.364. The van der Waals surface area contributed by atoms with E-state index in [1.165, 1.54) is 0 Å². The van der Waals surface area contributed by atoms with Crippen molar-refractivity contribution in [3.05, 3.63) is 31.0 Å². The molecule has 0 aliphatic rings. The van der Waals surface area contributed by atoms with Crippen molar-refractivity contribution in [3.8, 4) is 0 Å². The zero-order valence-corrected chi connectivity index (χ0v) is 10.1. The Labute approximate surface area is 105 Å². The number of imidazole rings is 1. The Morgan fingerprint density at radius 3 is 3.00 bits per heavy atom. The number of aromatic nitrogens is 4. The number of aryl methyl sites for hydroxylation is 1. The molecule has 0 aliphatic heterocycles. The van der Waals surface area contributed by atoms with Gasteiger partial charge in [0.25, 0.3) is 0 Å². The van der Waals surface area contributed by atoms with Crippen molar-refractivity contribution in [2.24, 2.45) is 5.84 Å². The van der Waals surface area contributed by atoms with Crippen LogP contribution in [0.15, 0.2) is 31.0 Å². The molecule has 0 saturated carbocycles. The second-order valence-corrected chi connectivity index (χ2v) is 3.84. The van der Waals surface area contributed by atoms with Crippen LogP contribution >= 0.6 is 0 Å². The molecule has 0 radical (unpaired) electrons. The molecule has 0 fully saturated rings. The SMILES string of the molecule is NNc1nccc(NCCCCn2ccnc2)n1. The van der Waals surface area contributed by atoms with Gasteiger partial charge in [-0.15, -0.1) is 0 Å². The minimum Gasteiger partial charge on any atom is -0.370 e. The number of rotatable bonds is 7. The van der Waals surface area contributed by atoms with Gasteiger partial charge in [-0.1, -0.05) is 0 Å². The second-order valence-electron chi connectivity index (χ2n) is 3.84. The smallest absolute Gasteiger partial charge is 0.239 e. The number of nitrogens with one attached hydrogen (secondary N) is 2. The van der Waals surface area contributed by atoms with Gasteiger partial charge in [-0.3, -0.25) is 5.43 Å². The zero-order chi connectivity index (χ0) is 12.6. The lowest BCUT2D eigenvalue weighted by Crippen LogP contribution is -2.12. The molecule has 2 aromatic heterocycles. The average molecular weight is 247 g/mol. The molecule has 4 N–H and O–H groups in total. The van der Waals surface area contributed by atoms with Crippen LogP contribution in [-0.2, 0) is 6.54 Å². The first kappa shape index (κ1) is 12.3. The summed E-state index contributed by atoms with van der Waals surface area (Å²) in [6.45, 7) is 1.86. The van der Waals surface area contributed by atoms with Crippen LogP contribution in [0.25, 0.3) is 0 Å². The van der Waals surface area contributed by atoms with Gasteiger partial charge in [0.15, 0.2) is 0 Å². The minimum atomic E-state index is 0.415. The quantitative estimate of drug-likeness (QED) is 0.381. The molecular formula is C11H17N7. The van der Waals surface area contributed by atoms with E-state index >= 15 is 0 Å². The molecule has 0 spiro atoms. The van der Waals surface area contributed by atoms with E-state index < -0.39 is 0 Å². The van der Waals surface area contributed by atoms with Gasteiger partial charge >= 0.3 is 0 Å². The van der Waals surface area contributed by atoms with Crippen molar-refractivity contribution >= 4 is 11.8 Å². The third-order valence-corrected chi connectivity index (χ3v) is 2.49. The number of unbranched alkanes of at least 4 members (excludes halogenated alkanes) is 1. The number of hydrazine groups is 1. The standard InChI is InChI=1S/C11H17N7/c12-17-11-15-5-3-10(16-11)14-4-1-2-7-18-8-6-13-9-18/h3,5-6,8-9H,1-2,4,7,12H2,(H2,14,15,16,17). The van der Waals surface area contributed by atoms with Gasteiger partial charge in [-0.25, -0.2) is 15.8 Å². The Hall–Kier alpha value is -2.15. The summed E-state index contributed by atoms with van der Waals surface area (Å²) >= 11 is 0. The van der Waals surface area contributed by atoms with E-state index in [1.807, 2.05) is 18.6 Å². The summed E-state index contributed by atoms with van der Waals surface area (Å²) in [5.74, 6) is 6.43. The van der Waals surface area contributed by atoms with Gasteiger partial charge in [0.05, 0.1) is 6.33 Å². The van der Waals surface area contributed by atoms with Gasteiger partial charge in [-0.2, -0.15) is 4.98 Å². The molecule has 0 saturated heterocycles. The number of nitrogens with zero attached hydrogens (tertiary/aromatic N) is 4. The molecule has 0 bridgehead atoms. The van der Waals surface area contributed by atoms with Gasteiger partial charge in [-0.05, 0) is 18.9 Å². The monoisotopic (exact) mass is 247 g/mol. The number of hydrogen-bond acceptors (Lipinski definition) is 6. The van der Waals surface area contributed by atoms with E-state index in [0.717, 1.165) is 31.7 Å². The summed E-state index contributed by atoms with van der Waals surface area (Å²) in [5.41, 5.74) is 2.41. The average Bonchev–Trinajstić information content (AvgIpc) is 2.92. The van der Waals surface area contributed by atoms with Crippen LogP contribution in [0, 0.1) is 0 Å². The van der Waals surface area contributed by atoms with Crippen molar-refractivity contribution < 1.29 is 0 Å². The molecule has 0 unspecified atom stereocenters. The fourth-order valence-electron chi connectivity index (χ4n) is 1.58. The number of nitrogens with two attached hydrogens (primary N) is 1. The molecule has 0 atom stereocenters. The van der Waals surface area contributed by atoms with Gasteiger partial charge in [0.2, 0.25) is 5.95 Å². The molecule has 2 aromatic rings. The van der Waals surface area contributed by atoms with E-state index in [1.54, 1.807) is 12.4 Å². The minimum absolute atomic E-state index is 0.415. The largest absolute Gasteiger partial charge is 0.370 e. The van der Waals surface area contributed by atoms with E-state index in [2.05, 4.69) is 30.3 Å². The fourth-order valence-corrected chi connectivity index (χ4v) is 1.58. The van der Waals surface area contributed by atoms with E-state index in [0.29, 0.717) is 5.95 Å². The third-order valence-electron chi connectivity index (χ3n) is 2.49. The first-order valence-electron chi connectivity index (χ1n) is 5.88. The maximum Gasteiger partial charge on any atom is 0.239 e. The highest BCUT2D eigenvalue weighted by Crippen LogP contribution is 2.05. The van der Waals surface area contributed by atoms with Crippen LogP contribution in [0.3, 0.4) is 0 Å². The van der Waals surface area contributed by atoms with Crippen LogP contribution in [0.1, 0.15) is 12.8 Å². The topological polar surface area (TPSA) is 93.7 Å². The van der Waals surface area contributed by atoms with Crippen LogP contribution in [0.5, 0.6) is 0 Å². The second kappa shape index (κ2) is 6.55. The molecule has 0 amide bonds. The van der Waals surface area contributed by atoms with Crippen molar-refractivity contribution in [1.82, 2.24) is 19.5 Å². The maximum absolute atomic E-state index is 5.24. The van der Waals surface area contributed by atoms with E-state index in [4.69, 9.17) is 5.84 Å². The summed E-state index contributed by atoms with van der Waals surface area (Å²) < 4.78 is 2.07. The van der Waals surface area contributed by atoms with Gasteiger partial charge < -0.3 is 9.88 Å². The molecule has 2 rings (SSSR count). The predicted molar refractivity (Wildman–Crippen MR) is 69.8 cm³/mol. The van der Waals surface area contributed by atoms with Crippen LogP contribution < -0.4 is 16.6 Å². The highest BCUT2D eigenvalue weighted by atomic mass is 15.3. The van der Waals surface area contributed by atoms with Crippen LogP contribution in [0.4, 0.5) is 11.8 Å². The van der Waals surface area contributed by atoms with E-state index in [9.17, 15) is 0 Å².